The summed E-state index contributed by atoms with van der Waals surface area (Å²) < 4.78 is 0. The number of nitrogens with one attached hydrogen (secondary N) is 1. The molecule has 0 saturated carbocycles. The highest BCUT2D eigenvalue weighted by Crippen LogP contribution is 2.17. The summed E-state index contributed by atoms with van der Waals surface area (Å²) in [5.41, 5.74) is 3.53. The average Bonchev–Trinajstić information content (AvgIpc) is 2.36. The molecule has 1 aromatic carbocycles. The summed E-state index contributed by atoms with van der Waals surface area (Å²) in [7, 11) is 0. The molecule has 0 aliphatic heterocycles. The Hall–Kier alpha value is -1.29. The zero-order valence-corrected chi connectivity index (χ0v) is 12.9. The van der Waals surface area contributed by atoms with Crippen LogP contribution in [-0.4, -0.2) is 17.4 Å². The van der Waals surface area contributed by atoms with E-state index in [1.807, 2.05) is 37.3 Å². The molecule has 0 saturated heterocycles. The minimum atomic E-state index is -0.0352. The summed E-state index contributed by atoms with van der Waals surface area (Å²) in [6, 6.07) is 10.1. The first-order valence-electron chi connectivity index (χ1n) is 6.41. The van der Waals surface area contributed by atoms with Gasteiger partial charge in [0.15, 0.2) is 0 Å². The van der Waals surface area contributed by atoms with Crippen molar-refractivity contribution in [1.29, 1.82) is 0 Å². The molecule has 1 aromatic rings. The van der Waals surface area contributed by atoms with Crippen molar-refractivity contribution in [2.24, 2.45) is 10.5 Å². The third kappa shape index (κ3) is 6.43. The van der Waals surface area contributed by atoms with E-state index in [1.165, 1.54) is 4.90 Å². The van der Waals surface area contributed by atoms with Gasteiger partial charge < -0.3 is 0 Å². The van der Waals surface area contributed by atoms with E-state index in [1.54, 1.807) is 11.8 Å². The summed E-state index contributed by atoms with van der Waals surface area (Å²) in [5.74, 6) is 0.729. The van der Waals surface area contributed by atoms with Gasteiger partial charge in [-0.15, -0.1) is 11.8 Å². The molecule has 0 bridgehead atoms. The first-order chi connectivity index (χ1) is 8.89. The molecule has 19 heavy (non-hydrogen) atoms. The summed E-state index contributed by atoms with van der Waals surface area (Å²) in [6.07, 6.45) is 0.473. The molecule has 3 nitrogen and oxygen atoms in total. The predicted molar refractivity (Wildman–Crippen MR) is 82.5 cm³/mol. The Morgan fingerprint density at radius 3 is 2.47 bits per heavy atom. The van der Waals surface area contributed by atoms with Crippen LogP contribution in [0.4, 0.5) is 0 Å². The molecule has 0 heterocycles. The number of carbonyl (C=O) groups is 1. The molecular weight excluding hydrogens is 256 g/mol. The van der Waals surface area contributed by atoms with Crippen LogP contribution in [-0.2, 0) is 4.79 Å². The number of nitrogens with zero attached hydrogens (tertiary/aromatic N) is 1. The van der Waals surface area contributed by atoms with Gasteiger partial charge in [-0.3, -0.25) is 4.79 Å². The highest BCUT2D eigenvalue weighted by molar-refractivity contribution is 7.99. The Labute approximate surface area is 119 Å². The van der Waals surface area contributed by atoms with Gasteiger partial charge in [-0.2, -0.15) is 5.10 Å². The number of thioether (sulfide) groups is 1. The van der Waals surface area contributed by atoms with Crippen molar-refractivity contribution in [3.05, 3.63) is 30.3 Å². The van der Waals surface area contributed by atoms with E-state index in [0.717, 1.165) is 11.5 Å². The Morgan fingerprint density at radius 1 is 1.26 bits per heavy atom. The predicted octanol–water partition coefficient (Wildman–Crippen LogP) is 3.71. The zero-order chi connectivity index (χ0) is 14.3. The molecule has 104 valence electrons. The fourth-order valence-electron chi connectivity index (χ4n) is 1.15. The second-order valence-electron chi connectivity index (χ2n) is 5.39. The largest absolute Gasteiger partial charge is 0.273 e. The van der Waals surface area contributed by atoms with Crippen LogP contribution in [0.5, 0.6) is 0 Å². The van der Waals surface area contributed by atoms with E-state index in [-0.39, 0.29) is 11.3 Å². The molecule has 4 heteroatoms. The Kier molecular flexibility index (Phi) is 6.09. The van der Waals surface area contributed by atoms with E-state index in [0.29, 0.717) is 6.42 Å². The average molecular weight is 278 g/mol. The van der Waals surface area contributed by atoms with E-state index in [9.17, 15) is 4.79 Å². The van der Waals surface area contributed by atoms with Gasteiger partial charge in [0.1, 0.15) is 0 Å². The lowest BCUT2D eigenvalue weighted by molar-refractivity contribution is -0.120. The number of hydrogen-bond donors (Lipinski definition) is 1. The Balaban J connectivity index is 2.29. The van der Waals surface area contributed by atoms with Crippen molar-refractivity contribution < 1.29 is 4.79 Å². The molecule has 0 radical (unpaired) electrons. The van der Waals surface area contributed by atoms with Gasteiger partial charge in [0.05, 0.1) is 0 Å². The van der Waals surface area contributed by atoms with E-state index >= 15 is 0 Å². The highest BCUT2D eigenvalue weighted by atomic mass is 32.2. The minimum Gasteiger partial charge on any atom is -0.273 e. The number of carbonyl (C=O) groups excluding carboxylic acids is 1. The SMILES string of the molecule is C/C(=N/NC(=O)CCSc1ccccc1)C(C)(C)C. The van der Waals surface area contributed by atoms with Crippen molar-refractivity contribution in [3.8, 4) is 0 Å². The maximum Gasteiger partial charge on any atom is 0.240 e. The number of hydrazone groups is 1. The van der Waals surface area contributed by atoms with Gasteiger partial charge in [0.2, 0.25) is 5.91 Å². The van der Waals surface area contributed by atoms with Gasteiger partial charge in [-0.1, -0.05) is 39.0 Å². The Bertz CT molecular complexity index is 435. The molecule has 0 fully saturated rings. The smallest absolute Gasteiger partial charge is 0.240 e. The zero-order valence-electron chi connectivity index (χ0n) is 12.1. The lowest BCUT2D eigenvalue weighted by Crippen LogP contribution is -2.24. The van der Waals surface area contributed by atoms with Crippen molar-refractivity contribution in [2.75, 3.05) is 5.75 Å². The van der Waals surface area contributed by atoms with Gasteiger partial charge in [-0.25, -0.2) is 5.43 Å². The lowest BCUT2D eigenvalue weighted by Gasteiger charge is -2.17. The number of hydrogen-bond acceptors (Lipinski definition) is 3. The molecule has 0 aliphatic carbocycles. The Morgan fingerprint density at radius 2 is 1.89 bits per heavy atom. The number of amides is 1. The van der Waals surface area contributed by atoms with Crippen LogP contribution in [0.1, 0.15) is 34.1 Å². The lowest BCUT2D eigenvalue weighted by atomic mass is 9.91. The van der Waals surface area contributed by atoms with Crippen LogP contribution in [0.25, 0.3) is 0 Å². The van der Waals surface area contributed by atoms with Gasteiger partial charge >= 0.3 is 0 Å². The molecule has 1 rings (SSSR count). The second-order valence-corrected chi connectivity index (χ2v) is 6.56. The standard InChI is InChI=1S/C15H22N2OS/c1-12(15(2,3)4)16-17-14(18)10-11-19-13-8-6-5-7-9-13/h5-9H,10-11H2,1-4H3,(H,17,18)/b16-12-. The van der Waals surface area contributed by atoms with Gasteiger partial charge in [-0.05, 0) is 19.1 Å². The van der Waals surface area contributed by atoms with Crippen molar-refractivity contribution >= 4 is 23.4 Å². The summed E-state index contributed by atoms with van der Waals surface area (Å²) in [5, 5.41) is 4.13. The van der Waals surface area contributed by atoms with Crippen LogP contribution in [0, 0.1) is 5.41 Å². The van der Waals surface area contributed by atoms with Crippen LogP contribution in [0.2, 0.25) is 0 Å². The topological polar surface area (TPSA) is 41.5 Å². The van der Waals surface area contributed by atoms with Crippen molar-refractivity contribution in [2.45, 2.75) is 39.0 Å². The molecule has 0 aliphatic rings. The summed E-state index contributed by atoms with van der Waals surface area (Å²) in [4.78, 5) is 12.8. The molecule has 0 atom stereocenters. The van der Waals surface area contributed by atoms with E-state index < -0.39 is 0 Å². The molecule has 1 N–H and O–H groups in total. The summed E-state index contributed by atoms with van der Waals surface area (Å²) >= 11 is 1.68. The van der Waals surface area contributed by atoms with E-state index in [2.05, 4.69) is 31.3 Å². The maximum atomic E-state index is 11.6. The fraction of sp³-hybridized carbons (Fsp3) is 0.467. The molecule has 0 spiro atoms. The number of benzene rings is 1. The highest BCUT2D eigenvalue weighted by Gasteiger charge is 2.14. The number of rotatable bonds is 5. The van der Waals surface area contributed by atoms with E-state index in [4.69, 9.17) is 0 Å². The van der Waals surface area contributed by atoms with Gasteiger partial charge in [0, 0.05) is 28.2 Å². The third-order valence-corrected chi connectivity index (χ3v) is 3.79. The molecule has 1 amide bonds. The minimum absolute atomic E-state index is 0.00787. The third-order valence-electron chi connectivity index (χ3n) is 2.77. The van der Waals surface area contributed by atoms with Crippen molar-refractivity contribution in [1.82, 2.24) is 5.43 Å². The van der Waals surface area contributed by atoms with Crippen LogP contribution >= 0.6 is 11.8 Å². The summed E-state index contributed by atoms with van der Waals surface area (Å²) in [6.45, 7) is 8.15. The molecule has 0 unspecified atom stereocenters. The monoisotopic (exact) mass is 278 g/mol. The van der Waals surface area contributed by atoms with Crippen LogP contribution in [0.3, 0.4) is 0 Å². The second kappa shape index (κ2) is 7.34. The molecule has 0 aromatic heterocycles. The maximum absolute atomic E-state index is 11.6. The van der Waals surface area contributed by atoms with Gasteiger partial charge in [0.25, 0.3) is 0 Å². The van der Waals surface area contributed by atoms with Crippen molar-refractivity contribution in [3.63, 3.8) is 0 Å². The fourth-order valence-corrected chi connectivity index (χ4v) is 2.02. The first kappa shape index (κ1) is 15.8. The van der Waals surface area contributed by atoms with Crippen LogP contribution in [0.15, 0.2) is 40.3 Å². The quantitative estimate of drug-likeness (QED) is 0.507. The molecular formula is C15H22N2OS. The first-order valence-corrected chi connectivity index (χ1v) is 7.39. The van der Waals surface area contributed by atoms with Crippen LogP contribution < -0.4 is 5.43 Å². The normalized spacial score (nSPS) is 12.3.